The van der Waals surface area contributed by atoms with E-state index in [1.54, 1.807) is 12.1 Å². The number of nitrogens with one attached hydrogen (secondary N) is 3. The molecule has 1 aliphatic heterocycles. The lowest BCUT2D eigenvalue weighted by molar-refractivity contribution is 0.0171. The number of guanidine groups is 1. The molecule has 1 amide bonds. The Morgan fingerprint density at radius 2 is 2.00 bits per heavy atom. The van der Waals surface area contributed by atoms with E-state index >= 15 is 0 Å². The molecule has 3 N–H and O–H groups in total. The Morgan fingerprint density at radius 1 is 1.21 bits per heavy atom. The van der Waals surface area contributed by atoms with Crippen LogP contribution in [0.1, 0.15) is 36.5 Å². The molecule has 158 valence electrons. The fourth-order valence-electron chi connectivity index (χ4n) is 2.74. The zero-order valence-corrected chi connectivity index (χ0v) is 18.9. The van der Waals surface area contributed by atoms with Gasteiger partial charge in [0.05, 0.1) is 12.7 Å². The van der Waals surface area contributed by atoms with Crippen LogP contribution >= 0.6 is 24.0 Å². The fraction of sp³-hybridized carbons (Fsp3) is 0.600. The number of hydrogen-bond acceptors (Lipinski definition) is 4. The van der Waals surface area contributed by atoms with Crippen molar-refractivity contribution in [2.24, 2.45) is 4.99 Å². The van der Waals surface area contributed by atoms with Crippen LogP contribution < -0.4 is 16.0 Å². The van der Waals surface area contributed by atoms with Gasteiger partial charge < -0.3 is 25.4 Å². The molecule has 2 rings (SSSR count). The van der Waals surface area contributed by atoms with Crippen LogP contribution in [0.15, 0.2) is 35.3 Å². The smallest absolute Gasteiger partial charge is 0.251 e. The number of ether oxygens (including phenoxy) is 2. The Balaban J connectivity index is 0.00000392. The molecule has 1 aliphatic rings. The van der Waals surface area contributed by atoms with Crippen molar-refractivity contribution < 1.29 is 14.3 Å². The van der Waals surface area contributed by atoms with Gasteiger partial charge in [-0.2, -0.15) is 0 Å². The van der Waals surface area contributed by atoms with E-state index in [0.717, 1.165) is 38.4 Å². The van der Waals surface area contributed by atoms with E-state index in [1.807, 2.05) is 25.1 Å². The third kappa shape index (κ3) is 10.2. The number of aliphatic imine (C=N–C) groups is 1. The fourth-order valence-corrected chi connectivity index (χ4v) is 2.74. The van der Waals surface area contributed by atoms with Crippen molar-refractivity contribution in [2.45, 2.75) is 32.3 Å². The topological polar surface area (TPSA) is 84.0 Å². The van der Waals surface area contributed by atoms with Crippen LogP contribution in [-0.2, 0) is 9.47 Å². The summed E-state index contributed by atoms with van der Waals surface area (Å²) in [5.41, 5.74) is 0.668. The molecule has 1 atom stereocenters. The highest BCUT2D eigenvalue weighted by molar-refractivity contribution is 14.0. The van der Waals surface area contributed by atoms with Crippen LogP contribution in [0.3, 0.4) is 0 Å². The Bertz CT molecular complexity index is 566. The van der Waals surface area contributed by atoms with Gasteiger partial charge in [0.2, 0.25) is 0 Å². The first-order valence-electron chi connectivity index (χ1n) is 9.84. The summed E-state index contributed by atoms with van der Waals surface area (Å²) < 4.78 is 11.2. The zero-order chi connectivity index (χ0) is 19.2. The van der Waals surface area contributed by atoms with Crippen molar-refractivity contribution in [2.75, 3.05) is 46.0 Å². The maximum absolute atomic E-state index is 12.0. The average molecular weight is 504 g/mol. The van der Waals surface area contributed by atoms with Gasteiger partial charge >= 0.3 is 0 Å². The van der Waals surface area contributed by atoms with Crippen molar-refractivity contribution in [1.29, 1.82) is 0 Å². The summed E-state index contributed by atoms with van der Waals surface area (Å²) in [4.78, 5) is 16.5. The molecule has 7 nitrogen and oxygen atoms in total. The first kappa shape index (κ1) is 24.6. The third-order valence-corrected chi connectivity index (χ3v) is 4.13. The number of amides is 1. The molecule has 1 saturated heterocycles. The summed E-state index contributed by atoms with van der Waals surface area (Å²) in [6.45, 7) is 6.89. The highest BCUT2D eigenvalue weighted by Crippen LogP contribution is 2.11. The summed E-state index contributed by atoms with van der Waals surface area (Å²) in [7, 11) is 0. The molecule has 0 aliphatic carbocycles. The van der Waals surface area contributed by atoms with Gasteiger partial charge in [0.25, 0.3) is 5.91 Å². The van der Waals surface area contributed by atoms with Gasteiger partial charge in [-0.05, 0) is 38.3 Å². The van der Waals surface area contributed by atoms with Gasteiger partial charge in [0, 0.05) is 45.0 Å². The predicted molar refractivity (Wildman–Crippen MR) is 123 cm³/mol. The molecule has 1 fully saturated rings. The predicted octanol–water partition coefficient (Wildman–Crippen LogP) is 2.18. The lowest BCUT2D eigenvalue weighted by atomic mass is 10.2. The zero-order valence-electron chi connectivity index (χ0n) is 16.6. The second-order valence-corrected chi connectivity index (χ2v) is 6.37. The molecule has 0 bridgehead atoms. The molecule has 1 aromatic rings. The second-order valence-electron chi connectivity index (χ2n) is 6.37. The molecule has 1 aromatic carbocycles. The van der Waals surface area contributed by atoms with Gasteiger partial charge in [-0.25, -0.2) is 0 Å². The molecule has 1 heterocycles. The molecule has 0 aromatic heterocycles. The summed E-state index contributed by atoms with van der Waals surface area (Å²) in [5, 5.41) is 9.32. The molecule has 0 spiro atoms. The molecular formula is C20H33IN4O3. The van der Waals surface area contributed by atoms with Crippen LogP contribution in [0.5, 0.6) is 0 Å². The molecule has 1 unspecified atom stereocenters. The number of carbonyl (C=O) groups is 1. The maximum atomic E-state index is 12.0. The van der Waals surface area contributed by atoms with E-state index in [-0.39, 0.29) is 36.0 Å². The number of nitrogens with zero attached hydrogens (tertiary/aromatic N) is 1. The Morgan fingerprint density at radius 3 is 2.71 bits per heavy atom. The van der Waals surface area contributed by atoms with Crippen LogP contribution in [0.25, 0.3) is 0 Å². The van der Waals surface area contributed by atoms with Crippen molar-refractivity contribution in [3.63, 3.8) is 0 Å². The van der Waals surface area contributed by atoms with Crippen LogP contribution in [0.4, 0.5) is 0 Å². The molecule has 8 heteroatoms. The van der Waals surface area contributed by atoms with Gasteiger partial charge in [0.15, 0.2) is 5.96 Å². The van der Waals surface area contributed by atoms with Gasteiger partial charge in [-0.3, -0.25) is 9.79 Å². The largest absolute Gasteiger partial charge is 0.379 e. The number of benzene rings is 1. The van der Waals surface area contributed by atoms with E-state index < -0.39 is 0 Å². The van der Waals surface area contributed by atoms with E-state index in [4.69, 9.17) is 9.47 Å². The molecule has 28 heavy (non-hydrogen) atoms. The minimum atomic E-state index is -0.0669. The summed E-state index contributed by atoms with van der Waals surface area (Å²) >= 11 is 0. The highest BCUT2D eigenvalue weighted by Gasteiger charge is 2.14. The Labute approximate surface area is 185 Å². The van der Waals surface area contributed by atoms with Crippen molar-refractivity contribution in [1.82, 2.24) is 16.0 Å². The van der Waals surface area contributed by atoms with Gasteiger partial charge in [0.1, 0.15) is 0 Å². The maximum Gasteiger partial charge on any atom is 0.251 e. The van der Waals surface area contributed by atoms with Crippen LogP contribution in [-0.4, -0.2) is 64.0 Å². The lowest BCUT2D eigenvalue weighted by Gasteiger charge is -2.12. The lowest BCUT2D eigenvalue weighted by Crippen LogP contribution is -2.41. The summed E-state index contributed by atoms with van der Waals surface area (Å²) in [6, 6.07) is 9.21. The highest BCUT2D eigenvalue weighted by atomic mass is 127. The van der Waals surface area contributed by atoms with E-state index in [2.05, 4.69) is 20.9 Å². The van der Waals surface area contributed by atoms with E-state index in [1.165, 1.54) is 0 Å². The number of carbonyl (C=O) groups excluding carboxylic acids is 1. The average Bonchev–Trinajstić information content (AvgIpc) is 3.21. The van der Waals surface area contributed by atoms with Crippen molar-refractivity contribution in [3.05, 3.63) is 35.9 Å². The number of halogens is 1. The number of hydrogen-bond donors (Lipinski definition) is 3. The van der Waals surface area contributed by atoms with Crippen LogP contribution in [0.2, 0.25) is 0 Å². The first-order chi connectivity index (χ1) is 13.3. The van der Waals surface area contributed by atoms with E-state index in [0.29, 0.717) is 38.4 Å². The summed E-state index contributed by atoms with van der Waals surface area (Å²) in [5.74, 6) is 0.688. The van der Waals surface area contributed by atoms with E-state index in [9.17, 15) is 4.79 Å². The first-order valence-corrected chi connectivity index (χ1v) is 9.84. The Kier molecular flexibility index (Phi) is 13.7. The molecule has 0 radical (unpaired) electrons. The Hall–Kier alpha value is -1.39. The van der Waals surface area contributed by atoms with Crippen LogP contribution in [0, 0.1) is 0 Å². The van der Waals surface area contributed by atoms with Gasteiger partial charge in [-0.15, -0.1) is 24.0 Å². The summed E-state index contributed by atoms with van der Waals surface area (Å²) in [6.07, 6.45) is 3.39. The molecule has 0 saturated carbocycles. The number of rotatable bonds is 11. The quantitative estimate of drug-likeness (QED) is 0.186. The van der Waals surface area contributed by atoms with Gasteiger partial charge in [-0.1, -0.05) is 18.2 Å². The SMILES string of the molecule is CCNC(=NCCCOCC1CCCO1)NCCNC(=O)c1ccccc1.I. The second kappa shape index (κ2) is 15.5. The van der Waals surface area contributed by atoms with Crippen molar-refractivity contribution >= 4 is 35.8 Å². The third-order valence-electron chi connectivity index (χ3n) is 4.13. The monoisotopic (exact) mass is 504 g/mol. The minimum Gasteiger partial charge on any atom is -0.379 e. The molecular weight excluding hydrogens is 471 g/mol. The normalized spacial score (nSPS) is 16.3. The minimum absolute atomic E-state index is 0. The van der Waals surface area contributed by atoms with Crippen molar-refractivity contribution in [3.8, 4) is 0 Å². The standard InChI is InChI=1S/C20H32N4O3.HI/c1-2-21-20(23-11-7-14-26-16-18-10-6-15-27-18)24-13-12-22-19(25)17-8-4-3-5-9-17;/h3-5,8-9,18H,2,6-7,10-16H2,1H3,(H,22,25)(H2,21,23,24);1H.